The van der Waals surface area contributed by atoms with Crippen LogP contribution < -0.4 is 5.32 Å². The van der Waals surface area contributed by atoms with Crippen LogP contribution in [0.4, 0.5) is 4.39 Å². The Hall–Kier alpha value is -1.38. The zero-order valence-corrected chi connectivity index (χ0v) is 10.8. The molecule has 2 rings (SSSR count). The van der Waals surface area contributed by atoms with Crippen molar-refractivity contribution >= 4 is 5.91 Å². The first kappa shape index (κ1) is 13.1. The van der Waals surface area contributed by atoms with E-state index in [0.717, 1.165) is 24.3 Å². The van der Waals surface area contributed by atoms with Crippen LogP contribution in [0.3, 0.4) is 0 Å². The standard InChI is InChI=1S/C15H20FNO/c1-11-5-7-14(8-6-11)17-15(18)10-12-3-2-4-13(16)9-12/h2-4,9,11,14H,5-8,10H2,1H3,(H,17,18). The summed E-state index contributed by atoms with van der Waals surface area (Å²) in [5.74, 6) is 0.494. The van der Waals surface area contributed by atoms with Crippen molar-refractivity contribution in [3.63, 3.8) is 0 Å². The van der Waals surface area contributed by atoms with Gasteiger partial charge in [0.1, 0.15) is 5.82 Å². The normalized spacial score (nSPS) is 23.7. The second-order valence-corrected chi connectivity index (χ2v) is 5.33. The summed E-state index contributed by atoms with van der Waals surface area (Å²) in [4.78, 5) is 11.8. The van der Waals surface area contributed by atoms with Crippen molar-refractivity contribution in [2.24, 2.45) is 5.92 Å². The molecule has 0 bridgehead atoms. The summed E-state index contributed by atoms with van der Waals surface area (Å²) >= 11 is 0. The number of halogens is 1. The average molecular weight is 249 g/mol. The van der Waals surface area contributed by atoms with Gasteiger partial charge in [-0.15, -0.1) is 0 Å². The van der Waals surface area contributed by atoms with Gasteiger partial charge in [-0.3, -0.25) is 4.79 Å². The maximum Gasteiger partial charge on any atom is 0.224 e. The minimum atomic E-state index is -0.285. The van der Waals surface area contributed by atoms with Crippen molar-refractivity contribution in [1.82, 2.24) is 5.32 Å². The fourth-order valence-electron chi connectivity index (χ4n) is 2.52. The van der Waals surface area contributed by atoms with Crippen molar-refractivity contribution in [1.29, 1.82) is 0 Å². The van der Waals surface area contributed by atoms with Crippen molar-refractivity contribution in [2.75, 3.05) is 0 Å². The summed E-state index contributed by atoms with van der Waals surface area (Å²) in [5, 5.41) is 3.05. The van der Waals surface area contributed by atoms with Crippen molar-refractivity contribution in [3.05, 3.63) is 35.6 Å². The lowest BCUT2D eigenvalue weighted by molar-refractivity contribution is -0.121. The maximum absolute atomic E-state index is 13.0. The second kappa shape index (κ2) is 5.98. The molecule has 18 heavy (non-hydrogen) atoms. The highest BCUT2D eigenvalue weighted by Crippen LogP contribution is 2.23. The first-order valence-electron chi connectivity index (χ1n) is 6.67. The van der Waals surface area contributed by atoms with Gasteiger partial charge >= 0.3 is 0 Å². The molecule has 1 saturated carbocycles. The highest BCUT2D eigenvalue weighted by atomic mass is 19.1. The van der Waals surface area contributed by atoms with Crippen LogP contribution in [0.2, 0.25) is 0 Å². The molecular weight excluding hydrogens is 229 g/mol. The van der Waals surface area contributed by atoms with Crippen LogP contribution >= 0.6 is 0 Å². The minimum Gasteiger partial charge on any atom is -0.353 e. The van der Waals surface area contributed by atoms with E-state index in [1.54, 1.807) is 12.1 Å². The van der Waals surface area contributed by atoms with Gasteiger partial charge in [-0.1, -0.05) is 19.1 Å². The van der Waals surface area contributed by atoms with Gasteiger partial charge in [0.05, 0.1) is 6.42 Å². The fraction of sp³-hybridized carbons (Fsp3) is 0.533. The molecule has 1 aromatic carbocycles. The molecule has 1 aromatic rings. The van der Waals surface area contributed by atoms with Crippen LogP contribution in [0.5, 0.6) is 0 Å². The zero-order valence-electron chi connectivity index (χ0n) is 10.8. The third kappa shape index (κ3) is 3.83. The molecular formula is C15H20FNO. The Kier molecular flexibility index (Phi) is 4.34. The molecule has 98 valence electrons. The summed E-state index contributed by atoms with van der Waals surface area (Å²) < 4.78 is 13.0. The molecule has 0 radical (unpaired) electrons. The summed E-state index contributed by atoms with van der Waals surface area (Å²) in [5.41, 5.74) is 0.733. The van der Waals surface area contributed by atoms with Crippen molar-refractivity contribution in [3.8, 4) is 0 Å². The van der Waals surface area contributed by atoms with Gasteiger partial charge in [-0.05, 0) is 49.3 Å². The molecule has 0 unspecified atom stereocenters. The van der Waals surface area contributed by atoms with E-state index in [4.69, 9.17) is 0 Å². The number of hydrogen-bond acceptors (Lipinski definition) is 1. The Bertz CT molecular complexity index is 411. The molecule has 0 spiro atoms. The highest BCUT2D eigenvalue weighted by molar-refractivity contribution is 5.78. The van der Waals surface area contributed by atoms with E-state index in [1.165, 1.54) is 25.0 Å². The number of amides is 1. The highest BCUT2D eigenvalue weighted by Gasteiger charge is 2.19. The Labute approximate surface area is 108 Å². The van der Waals surface area contributed by atoms with Crippen LogP contribution in [0.25, 0.3) is 0 Å². The summed E-state index contributed by atoms with van der Waals surface area (Å²) in [6.07, 6.45) is 4.77. The largest absolute Gasteiger partial charge is 0.353 e. The lowest BCUT2D eigenvalue weighted by Gasteiger charge is -2.26. The second-order valence-electron chi connectivity index (χ2n) is 5.33. The summed E-state index contributed by atoms with van der Waals surface area (Å²) in [7, 11) is 0. The van der Waals surface area contributed by atoms with E-state index >= 15 is 0 Å². The van der Waals surface area contributed by atoms with E-state index in [0.29, 0.717) is 6.04 Å². The van der Waals surface area contributed by atoms with E-state index in [2.05, 4.69) is 12.2 Å². The Morgan fingerprint density at radius 3 is 2.72 bits per heavy atom. The third-order valence-corrected chi connectivity index (χ3v) is 3.63. The van der Waals surface area contributed by atoms with Gasteiger partial charge in [0.2, 0.25) is 5.91 Å². The molecule has 0 saturated heterocycles. The lowest BCUT2D eigenvalue weighted by atomic mass is 9.87. The number of nitrogens with one attached hydrogen (secondary N) is 1. The monoisotopic (exact) mass is 249 g/mol. The number of hydrogen-bond donors (Lipinski definition) is 1. The van der Waals surface area contributed by atoms with Crippen LogP contribution in [-0.2, 0) is 11.2 Å². The number of carbonyl (C=O) groups is 1. The number of rotatable bonds is 3. The van der Waals surface area contributed by atoms with Gasteiger partial charge in [0.15, 0.2) is 0 Å². The average Bonchev–Trinajstić information content (AvgIpc) is 2.32. The van der Waals surface area contributed by atoms with Crippen molar-refractivity contribution in [2.45, 2.75) is 45.1 Å². The molecule has 1 aliphatic carbocycles. The molecule has 0 aromatic heterocycles. The number of benzene rings is 1. The number of carbonyl (C=O) groups excluding carboxylic acids is 1. The molecule has 0 aliphatic heterocycles. The SMILES string of the molecule is CC1CCC(NC(=O)Cc2cccc(F)c2)CC1. The Morgan fingerprint density at radius 2 is 2.06 bits per heavy atom. The molecule has 1 fully saturated rings. The van der Waals surface area contributed by atoms with E-state index in [1.807, 2.05) is 0 Å². The maximum atomic E-state index is 13.0. The van der Waals surface area contributed by atoms with Crippen LogP contribution in [-0.4, -0.2) is 11.9 Å². The van der Waals surface area contributed by atoms with Crippen molar-refractivity contribution < 1.29 is 9.18 Å². The van der Waals surface area contributed by atoms with Gasteiger partial charge in [-0.25, -0.2) is 4.39 Å². The van der Waals surface area contributed by atoms with Crippen LogP contribution in [0, 0.1) is 11.7 Å². The molecule has 1 N–H and O–H groups in total. The molecule has 0 heterocycles. The van der Waals surface area contributed by atoms with E-state index < -0.39 is 0 Å². The van der Waals surface area contributed by atoms with Crippen LogP contribution in [0.1, 0.15) is 38.2 Å². The first-order valence-corrected chi connectivity index (χ1v) is 6.67. The van der Waals surface area contributed by atoms with Gasteiger partial charge in [0, 0.05) is 6.04 Å². The molecule has 3 heteroatoms. The topological polar surface area (TPSA) is 29.1 Å². The molecule has 1 amide bonds. The zero-order chi connectivity index (χ0) is 13.0. The lowest BCUT2D eigenvalue weighted by Crippen LogP contribution is -2.38. The van der Waals surface area contributed by atoms with Gasteiger partial charge in [0.25, 0.3) is 0 Å². The molecule has 2 nitrogen and oxygen atoms in total. The fourth-order valence-corrected chi connectivity index (χ4v) is 2.52. The predicted octanol–water partition coefficient (Wildman–Crippen LogP) is 3.06. The summed E-state index contributed by atoms with van der Waals surface area (Å²) in [6, 6.07) is 6.54. The van der Waals surface area contributed by atoms with E-state index in [-0.39, 0.29) is 18.1 Å². The third-order valence-electron chi connectivity index (χ3n) is 3.63. The van der Waals surface area contributed by atoms with Crippen LogP contribution in [0.15, 0.2) is 24.3 Å². The molecule has 1 aliphatic rings. The van der Waals surface area contributed by atoms with E-state index in [9.17, 15) is 9.18 Å². The van der Waals surface area contributed by atoms with Gasteiger partial charge < -0.3 is 5.32 Å². The summed E-state index contributed by atoms with van der Waals surface area (Å²) in [6.45, 7) is 2.25. The smallest absolute Gasteiger partial charge is 0.224 e. The quantitative estimate of drug-likeness (QED) is 0.876. The van der Waals surface area contributed by atoms with Gasteiger partial charge in [-0.2, -0.15) is 0 Å². The minimum absolute atomic E-state index is 0.000142. The Balaban J connectivity index is 1.82. The Morgan fingerprint density at radius 1 is 1.33 bits per heavy atom. The predicted molar refractivity (Wildman–Crippen MR) is 69.7 cm³/mol. The molecule has 0 atom stereocenters. The first-order chi connectivity index (χ1) is 8.63.